The number of fused-ring (bicyclic) bond motifs is 1. The number of rotatable bonds is 3. The first-order valence-electron chi connectivity index (χ1n) is 12.0. The Kier molecular flexibility index (Phi) is 6.29. The van der Waals surface area contributed by atoms with E-state index in [-0.39, 0.29) is 18.0 Å². The molecular weight excluding hydrogens is 444 g/mol. The average molecular weight is 477 g/mol. The second-order valence-corrected chi connectivity index (χ2v) is 9.44. The molecule has 10 heteroatoms. The fourth-order valence-corrected chi connectivity index (χ4v) is 4.86. The molecule has 2 fully saturated rings. The Hall–Kier alpha value is -3.66. The average Bonchev–Trinajstić information content (AvgIpc) is 3.32. The van der Waals surface area contributed by atoms with E-state index in [1.807, 2.05) is 57.8 Å². The molecule has 2 aromatic heterocycles. The van der Waals surface area contributed by atoms with Crippen molar-refractivity contribution in [2.45, 2.75) is 6.04 Å². The van der Waals surface area contributed by atoms with Crippen molar-refractivity contribution in [3.63, 3.8) is 0 Å². The number of carbonyl (C=O) groups excluding carboxylic acids is 2. The zero-order valence-electron chi connectivity index (χ0n) is 20.5. The zero-order chi connectivity index (χ0) is 24.5. The van der Waals surface area contributed by atoms with Crippen LogP contribution in [0.1, 0.15) is 22.2 Å². The molecule has 184 valence electrons. The molecular formula is C25H32N8O2. The second kappa shape index (κ2) is 9.53. The van der Waals surface area contributed by atoms with Crippen LogP contribution in [0.5, 0.6) is 0 Å². The van der Waals surface area contributed by atoms with Gasteiger partial charge in [0.2, 0.25) is 0 Å². The predicted octanol–water partition coefficient (Wildman–Crippen LogP) is 1.66. The number of nitrogens with zero attached hydrogens (tertiary/aromatic N) is 8. The maximum absolute atomic E-state index is 13.4. The number of hydrogen-bond acceptors (Lipinski definition) is 6. The molecule has 2 aliphatic heterocycles. The van der Waals surface area contributed by atoms with Crippen LogP contribution in [0.15, 0.2) is 48.7 Å². The van der Waals surface area contributed by atoms with Crippen LogP contribution in [0.2, 0.25) is 0 Å². The van der Waals surface area contributed by atoms with Crippen LogP contribution >= 0.6 is 0 Å². The summed E-state index contributed by atoms with van der Waals surface area (Å²) >= 11 is 0. The molecule has 35 heavy (non-hydrogen) atoms. The first kappa shape index (κ1) is 23.1. The van der Waals surface area contributed by atoms with Crippen LogP contribution in [0.25, 0.3) is 5.65 Å². The van der Waals surface area contributed by atoms with Gasteiger partial charge in [-0.15, -0.1) is 10.2 Å². The monoisotopic (exact) mass is 476 g/mol. The molecule has 0 N–H and O–H groups in total. The van der Waals surface area contributed by atoms with Crippen LogP contribution in [0.3, 0.4) is 0 Å². The van der Waals surface area contributed by atoms with Gasteiger partial charge < -0.3 is 19.6 Å². The van der Waals surface area contributed by atoms with E-state index in [0.29, 0.717) is 37.4 Å². The molecule has 2 saturated heterocycles. The highest BCUT2D eigenvalue weighted by Crippen LogP contribution is 2.25. The Morgan fingerprint density at radius 3 is 2.31 bits per heavy atom. The van der Waals surface area contributed by atoms with E-state index in [9.17, 15) is 9.59 Å². The van der Waals surface area contributed by atoms with Gasteiger partial charge in [-0.3, -0.25) is 14.1 Å². The Balaban J connectivity index is 1.34. The summed E-state index contributed by atoms with van der Waals surface area (Å²) < 4.78 is 1.90. The van der Waals surface area contributed by atoms with E-state index in [0.717, 1.165) is 25.5 Å². The van der Waals surface area contributed by atoms with E-state index in [2.05, 4.69) is 32.1 Å². The number of hydrogen-bond donors (Lipinski definition) is 0. The van der Waals surface area contributed by atoms with Gasteiger partial charge in [-0.25, -0.2) is 4.79 Å². The third kappa shape index (κ3) is 4.53. The maximum atomic E-state index is 13.4. The summed E-state index contributed by atoms with van der Waals surface area (Å²) in [4.78, 5) is 35.8. The largest absolute Gasteiger partial charge is 0.368 e. The van der Waals surface area contributed by atoms with Gasteiger partial charge in [0.05, 0.1) is 11.6 Å². The van der Waals surface area contributed by atoms with Gasteiger partial charge in [0.1, 0.15) is 0 Å². The number of pyridine rings is 1. The van der Waals surface area contributed by atoms with E-state index >= 15 is 0 Å². The summed E-state index contributed by atoms with van der Waals surface area (Å²) in [7, 11) is 5.56. The molecule has 1 aromatic carbocycles. The van der Waals surface area contributed by atoms with Crippen LogP contribution in [-0.2, 0) is 0 Å². The van der Waals surface area contributed by atoms with Crippen molar-refractivity contribution < 1.29 is 9.59 Å². The third-order valence-electron chi connectivity index (χ3n) is 6.96. The van der Waals surface area contributed by atoms with Crippen LogP contribution < -0.4 is 4.90 Å². The van der Waals surface area contributed by atoms with Gasteiger partial charge in [0.25, 0.3) is 5.91 Å². The molecule has 5 rings (SSSR count). The fourth-order valence-electron chi connectivity index (χ4n) is 4.86. The van der Waals surface area contributed by atoms with Crippen molar-refractivity contribution in [3.05, 3.63) is 60.0 Å². The Labute approximate surface area is 205 Å². The van der Waals surface area contributed by atoms with Crippen LogP contribution in [-0.4, -0.2) is 113 Å². The molecule has 0 spiro atoms. The lowest BCUT2D eigenvalue weighted by Gasteiger charge is -2.39. The van der Waals surface area contributed by atoms with Crippen molar-refractivity contribution in [2.75, 3.05) is 71.9 Å². The number of carbonyl (C=O) groups is 2. The quantitative estimate of drug-likeness (QED) is 0.572. The van der Waals surface area contributed by atoms with E-state index < -0.39 is 0 Å². The molecule has 3 amide bonds. The summed E-state index contributed by atoms with van der Waals surface area (Å²) in [6.07, 6.45) is 1.84. The van der Waals surface area contributed by atoms with Crippen molar-refractivity contribution in [2.24, 2.45) is 0 Å². The molecule has 0 unspecified atom stereocenters. The number of piperazine rings is 2. The lowest BCUT2D eigenvalue weighted by atomic mass is 10.1. The normalized spacial score (nSPS) is 19.3. The number of urea groups is 1. The minimum absolute atomic E-state index is 0.0116. The Morgan fingerprint density at radius 1 is 0.886 bits per heavy atom. The molecule has 10 nitrogen and oxygen atoms in total. The van der Waals surface area contributed by atoms with E-state index in [4.69, 9.17) is 0 Å². The molecule has 1 atom stereocenters. The number of para-hydroxylation sites is 1. The number of amides is 3. The minimum Gasteiger partial charge on any atom is -0.368 e. The fraction of sp³-hybridized carbons (Fsp3) is 0.440. The van der Waals surface area contributed by atoms with Gasteiger partial charge in [-0.05, 0) is 31.3 Å². The summed E-state index contributed by atoms with van der Waals surface area (Å²) in [5.74, 6) is 0.753. The molecule has 0 saturated carbocycles. The SMILES string of the molecule is CN(C)C(=O)N1CCN(C)[C@@H](c2nnc3ccc(C(=O)N4CCN(c5ccccc5)CC4)cn23)C1. The van der Waals surface area contributed by atoms with Gasteiger partial charge in [0.15, 0.2) is 11.5 Å². The number of aromatic nitrogens is 3. The number of likely N-dealkylation sites (N-methyl/N-ethyl adjacent to an activating group) is 1. The zero-order valence-corrected chi connectivity index (χ0v) is 20.5. The molecule has 0 bridgehead atoms. The lowest BCUT2D eigenvalue weighted by Crippen LogP contribution is -2.52. The number of benzene rings is 1. The van der Waals surface area contributed by atoms with Crippen molar-refractivity contribution >= 4 is 23.3 Å². The molecule has 0 radical (unpaired) electrons. The molecule has 3 aromatic rings. The summed E-state index contributed by atoms with van der Waals surface area (Å²) in [6.45, 7) is 4.88. The van der Waals surface area contributed by atoms with Gasteiger partial charge in [0, 0.05) is 71.8 Å². The number of anilines is 1. The smallest absolute Gasteiger partial charge is 0.319 e. The van der Waals surface area contributed by atoms with Gasteiger partial charge >= 0.3 is 6.03 Å². The predicted molar refractivity (Wildman–Crippen MR) is 134 cm³/mol. The summed E-state index contributed by atoms with van der Waals surface area (Å²) in [5.41, 5.74) is 2.50. The van der Waals surface area contributed by atoms with Crippen molar-refractivity contribution in [1.29, 1.82) is 0 Å². The highest BCUT2D eigenvalue weighted by atomic mass is 16.2. The van der Waals surface area contributed by atoms with Gasteiger partial charge in [-0.2, -0.15) is 0 Å². The highest BCUT2D eigenvalue weighted by Gasteiger charge is 2.32. The lowest BCUT2D eigenvalue weighted by molar-refractivity contribution is 0.0746. The summed E-state index contributed by atoms with van der Waals surface area (Å²) in [5, 5.41) is 8.78. The molecule has 4 heterocycles. The van der Waals surface area contributed by atoms with Crippen LogP contribution in [0, 0.1) is 0 Å². The minimum atomic E-state index is -0.109. The maximum Gasteiger partial charge on any atom is 0.319 e. The van der Waals surface area contributed by atoms with Crippen molar-refractivity contribution in [3.8, 4) is 0 Å². The van der Waals surface area contributed by atoms with Gasteiger partial charge in [-0.1, -0.05) is 18.2 Å². The third-order valence-corrected chi connectivity index (χ3v) is 6.96. The molecule has 2 aliphatic rings. The first-order valence-corrected chi connectivity index (χ1v) is 12.0. The second-order valence-electron chi connectivity index (χ2n) is 9.44. The summed E-state index contributed by atoms with van der Waals surface area (Å²) in [6, 6.07) is 13.9. The van der Waals surface area contributed by atoms with E-state index in [1.54, 1.807) is 19.0 Å². The Bertz CT molecular complexity index is 1200. The van der Waals surface area contributed by atoms with Crippen molar-refractivity contribution in [1.82, 2.24) is 34.2 Å². The first-order chi connectivity index (χ1) is 16.9. The topological polar surface area (TPSA) is 80.5 Å². The highest BCUT2D eigenvalue weighted by molar-refractivity contribution is 5.94. The molecule has 0 aliphatic carbocycles. The van der Waals surface area contributed by atoms with Crippen LogP contribution in [0.4, 0.5) is 10.5 Å². The standard InChI is InChI=1S/C25H32N8O2/c1-28(2)25(35)32-12-11-29(3)21(18-32)23-27-26-22-10-9-19(17-33(22)23)24(34)31-15-13-30(14-16-31)20-7-5-4-6-8-20/h4-10,17,21H,11-16,18H2,1-3H3/t21-/m1/s1. The van der Waals surface area contributed by atoms with E-state index in [1.165, 1.54) is 5.69 Å². The Morgan fingerprint density at radius 2 is 1.60 bits per heavy atom.